The number of aliphatic hydroxyl groups excluding tert-OH is 1. The smallest absolute Gasteiger partial charge is 0.123 e. The second-order valence-electron chi connectivity index (χ2n) is 5.27. The maximum absolute atomic E-state index is 13.3. The fourth-order valence-corrected chi connectivity index (χ4v) is 2.34. The van der Waals surface area contributed by atoms with Crippen molar-refractivity contribution < 1.29 is 9.50 Å². The van der Waals surface area contributed by atoms with Crippen LogP contribution in [0.3, 0.4) is 0 Å². The van der Waals surface area contributed by atoms with Gasteiger partial charge in [-0.05, 0) is 50.3 Å². The zero-order chi connectivity index (χ0) is 13.1. The molecule has 0 amide bonds. The Kier molecular flexibility index (Phi) is 4.23. The van der Waals surface area contributed by atoms with Crippen LogP contribution in [0, 0.1) is 11.7 Å². The Labute approximate surface area is 108 Å². The minimum Gasteiger partial charge on any atom is -0.389 e. The van der Waals surface area contributed by atoms with Crippen LogP contribution in [0.2, 0.25) is 0 Å². The average molecular weight is 251 g/mol. The summed E-state index contributed by atoms with van der Waals surface area (Å²) in [6.45, 7) is 5.83. The van der Waals surface area contributed by atoms with Crippen molar-refractivity contribution >= 4 is 5.69 Å². The van der Waals surface area contributed by atoms with E-state index < -0.39 is 6.10 Å². The number of rotatable bonds is 6. The first-order chi connectivity index (χ1) is 8.61. The monoisotopic (exact) mass is 251 g/mol. The van der Waals surface area contributed by atoms with E-state index in [1.54, 1.807) is 13.0 Å². The molecule has 18 heavy (non-hydrogen) atoms. The Morgan fingerprint density at radius 1 is 1.44 bits per heavy atom. The predicted molar refractivity (Wildman–Crippen MR) is 72.3 cm³/mol. The van der Waals surface area contributed by atoms with Crippen LogP contribution < -0.4 is 4.90 Å². The van der Waals surface area contributed by atoms with Gasteiger partial charge in [-0.2, -0.15) is 0 Å². The molecular formula is C15H22FNO. The molecule has 0 spiro atoms. The first-order valence-electron chi connectivity index (χ1n) is 6.84. The molecule has 0 heterocycles. The Balaban J connectivity index is 2.26. The van der Waals surface area contributed by atoms with Gasteiger partial charge < -0.3 is 10.0 Å². The molecule has 0 aromatic heterocycles. The summed E-state index contributed by atoms with van der Waals surface area (Å²) in [6, 6.07) is 4.74. The van der Waals surface area contributed by atoms with Crippen molar-refractivity contribution in [3.8, 4) is 0 Å². The lowest BCUT2D eigenvalue weighted by Gasteiger charge is -2.27. The van der Waals surface area contributed by atoms with Crippen molar-refractivity contribution in [3.63, 3.8) is 0 Å². The average Bonchev–Trinajstić information content (AvgIpc) is 3.12. The van der Waals surface area contributed by atoms with E-state index in [1.807, 2.05) is 0 Å². The van der Waals surface area contributed by atoms with E-state index >= 15 is 0 Å². The van der Waals surface area contributed by atoms with E-state index in [9.17, 15) is 9.50 Å². The molecule has 1 N–H and O–H groups in total. The molecule has 1 aromatic carbocycles. The van der Waals surface area contributed by atoms with Gasteiger partial charge in [0.25, 0.3) is 0 Å². The van der Waals surface area contributed by atoms with Gasteiger partial charge in [0.15, 0.2) is 0 Å². The van der Waals surface area contributed by atoms with Gasteiger partial charge in [-0.3, -0.25) is 0 Å². The Morgan fingerprint density at radius 2 is 2.17 bits per heavy atom. The fourth-order valence-electron chi connectivity index (χ4n) is 2.34. The van der Waals surface area contributed by atoms with Crippen LogP contribution in [-0.2, 0) is 0 Å². The highest BCUT2D eigenvalue weighted by Gasteiger charge is 2.25. The maximum atomic E-state index is 13.3. The number of hydrogen-bond acceptors (Lipinski definition) is 2. The third kappa shape index (κ3) is 3.22. The van der Waals surface area contributed by atoms with Crippen LogP contribution in [0.15, 0.2) is 18.2 Å². The zero-order valence-corrected chi connectivity index (χ0v) is 11.2. The molecule has 0 radical (unpaired) electrons. The SMILES string of the molecule is CCCN(CC1CC1)c1ccc(F)cc1C(C)O. The van der Waals surface area contributed by atoms with Crippen LogP contribution >= 0.6 is 0 Å². The maximum Gasteiger partial charge on any atom is 0.123 e. The number of halogens is 1. The lowest BCUT2D eigenvalue weighted by molar-refractivity contribution is 0.199. The topological polar surface area (TPSA) is 23.5 Å². The molecular weight excluding hydrogens is 229 g/mol. The molecule has 1 fully saturated rings. The second-order valence-corrected chi connectivity index (χ2v) is 5.27. The van der Waals surface area contributed by atoms with Gasteiger partial charge in [0, 0.05) is 24.3 Å². The van der Waals surface area contributed by atoms with E-state index in [0.29, 0.717) is 5.56 Å². The van der Waals surface area contributed by atoms with Gasteiger partial charge in [-0.1, -0.05) is 6.92 Å². The molecule has 100 valence electrons. The fraction of sp³-hybridized carbons (Fsp3) is 0.600. The predicted octanol–water partition coefficient (Wildman–Crippen LogP) is 3.51. The van der Waals surface area contributed by atoms with E-state index in [2.05, 4.69) is 11.8 Å². The highest BCUT2D eigenvalue weighted by molar-refractivity contribution is 5.55. The van der Waals surface area contributed by atoms with Crippen molar-refractivity contribution in [2.24, 2.45) is 5.92 Å². The van der Waals surface area contributed by atoms with E-state index in [1.165, 1.54) is 25.0 Å². The van der Waals surface area contributed by atoms with E-state index in [-0.39, 0.29) is 5.82 Å². The highest BCUT2D eigenvalue weighted by Crippen LogP contribution is 2.34. The number of anilines is 1. The van der Waals surface area contributed by atoms with Crippen molar-refractivity contribution in [2.75, 3.05) is 18.0 Å². The molecule has 0 aliphatic heterocycles. The molecule has 1 aliphatic rings. The van der Waals surface area contributed by atoms with Gasteiger partial charge in [0.05, 0.1) is 6.10 Å². The van der Waals surface area contributed by atoms with Gasteiger partial charge in [0.1, 0.15) is 5.82 Å². The van der Waals surface area contributed by atoms with Gasteiger partial charge >= 0.3 is 0 Å². The third-order valence-electron chi connectivity index (χ3n) is 3.45. The molecule has 2 rings (SSSR count). The summed E-state index contributed by atoms with van der Waals surface area (Å²) in [5, 5.41) is 9.80. The molecule has 1 aliphatic carbocycles. The summed E-state index contributed by atoms with van der Waals surface area (Å²) in [4.78, 5) is 2.29. The summed E-state index contributed by atoms with van der Waals surface area (Å²) >= 11 is 0. The normalized spacial score (nSPS) is 16.7. The molecule has 1 aromatic rings. The number of aliphatic hydroxyl groups is 1. The zero-order valence-electron chi connectivity index (χ0n) is 11.2. The standard InChI is InChI=1S/C15H22FNO/c1-3-8-17(10-12-4-5-12)15-7-6-13(16)9-14(15)11(2)18/h6-7,9,11-12,18H,3-5,8,10H2,1-2H3. The van der Waals surface area contributed by atoms with Crippen LogP contribution in [0.5, 0.6) is 0 Å². The molecule has 2 nitrogen and oxygen atoms in total. The Hall–Kier alpha value is -1.09. The largest absolute Gasteiger partial charge is 0.389 e. The summed E-state index contributed by atoms with van der Waals surface area (Å²) in [6.07, 6.45) is 3.02. The van der Waals surface area contributed by atoms with E-state index in [4.69, 9.17) is 0 Å². The second kappa shape index (κ2) is 5.70. The number of hydrogen-bond donors (Lipinski definition) is 1. The summed E-state index contributed by atoms with van der Waals surface area (Å²) in [7, 11) is 0. The third-order valence-corrected chi connectivity index (χ3v) is 3.45. The molecule has 1 atom stereocenters. The first kappa shape index (κ1) is 13.3. The van der Waals surface area contributed by atoms with Crippen molar-refractivity contribution in [1.82, 2.24) is 0 Å². The summed E-state index contributed by atoms with van der Waals surface area (Å²) in [5.41, 5.74) is 1.68. The molecule has 0 bridgehead atoms. The number of nitrogens with zero attached hydrogens (tertiary/aromatic N) is 1. The summed E-state index contributed by atoms with van der Waals surface area (Å²) < 4.78 is 13.3. The minimum atomic E-state index is -0.630. The van der Waals surface area contributed by atoms with Crippen molar-refractivity contribution in [2.45, 2.75) is 39.2 Å². The molecule has 1 unspecified atom stereocenters. The minimum absolute atomic E-state index is 0.280. The van der Waals surface area contributed by atoms with Gasteiger partial charge in [0.2, 0.25) is 0 Å². The van der Waals surface area contributed by atoms with Crippen LogP contribution in [-0.4, -0.2) is 18.2 Å². The van der Waals surface area contributed by atoms with Crippen molar-refractivity contribution in [1.29, 1.82) is 0 Å². The van der Waals surface area contributed by atoms with Crippen LogP contribution in [0.1, 0.15) is 44.8 Å². The molecule has 1 saturated carbocycles. The Bertz CT molecular complexity index is 401. The quantitative estimate of drug-likeness (QED) is 0.836. The lowest BCUT2D eigenvalue weighted by Crippen LogP contribution is -2.28. The van der Waals surface area contributed by atoms with Crippen molar-refractivity contribution in [3.05, 3.63) is 29.6 Å². The number of benzene rings is 1. The van der Waals surface area contributed by atoms with E-state index in [0.717, 1.165) is 31.1 Å². The first-order valence-corrected chi connectivity index (χ1v) is 6.84. The molecule has 3 heteroatoms. The molecule has 0 saturated heterocycles. The van der Waals surface area contributed by atoms with Gasteiger partial charge in [-0.15, -0.1) is 0 Å². The highest BCUT2D eigenvalue weighted by atomic mass is 19.1. The Morgan fingerprint density at radius 3 is 2.72 bits per heavy atom. The lowest BCUT2D eigenvalue weighted by atomic mass is 10.1. The van der Waals surface area contributed by atoms with Gasteiger partial charge in [-0.25, -0.2) is 4.39 Å². The van der Waals surface area contributed by atoms with Crippen LogP contribution in [0.4, 0.5) is 10.1 Å². The van der Waals surface area contributed by atoms with Crippen LogP contribution in [0.25, 0.3) is 0 Å². The summed E-state index contributed by atoms with van der Waals surface area (Å²) in [5.74, 6) is 0.501.